The summed E-state index contributed by atoms with van der Waals surface area (Å²) in [5.74, 6) is -1.10. The van der Waals surface area contributed by atoms with Crippen LogP contribution in [0.5, 0.6) is 0 Å². The molecule has 1 aromatic heterocycles. The van der Waals surface area contributed by atoms with Gasteiger partial charge >= 0.3 is 6.01 Å². The maximum atomic E-state index is 14.2. The summed E-state index contributed by atoms with van der Waals surface area (Å²) in [6.07, 6.45) is 0. The normalized spacial score (nSPS) is 11.5. The molecule has 0 saturated carbocycles. The van der Waals surface area contributed by atoms with E-state index in [0.717, 1.165) is 15.7 Å². The fourth-order valence-corrected chi connectivity index (χ4v) is 3.06. The third-order valence-corrected chi connectivity index (χ3v) is 4.82. The van der Waals surface area contributed by atoms with Crippen molar-refractivity contribution in [3.63, 3.8) is 0 Å². The molecule has 2 aromatic carbocycles. The number of nitrogens with two attached hydrogens (primary N) is 2. The molecular weight excluding hydrogens is 464 g/mol. The van der Waals surface area contributed by atoms with Crippen LogP contribution in [0, 0.1) is 9.39 Å². The molecule has 0 spiro atoms. The molecule has 130 valence electrons. The van der Waals surface area contributed by atoms with Crippen LogP contribution in [0.15, 0.2) is 45.7 Å². The lowest BCUT2D eigenvalue weighted by atomic mass is 10.1. The van der Waals surface area contributed by atoms with Gasteiger partial charge in [-0.2, -0.15) is 0 Å². The molecule has 0 bridgehead atoms. The number of anilines is 3. The Hall–Kier alpha value is -2.25. The second-order valence-corrected chi connectivity index (χ2v) is 7.73. The zero-order valence-corrected chi connectivity index (χ0v) is 15.4. The molecule has 25 heavy (non-hydrogen) atoms. The van der Waals surface area contributed by atoms with E-state index in [1.54, 1.807) is 12.1 Å². The molecule has 0 aliphatic rings. The fourth-order valence-electron chi connectivity index (χ4n) is 2.08. The zero-order chi connectivity index (χ0) is 18.2. The van der Waals surface area contributed by atoms with Gasteiger partial charge in [0.05, 0.1) is 11.3 Å². The van der Waals surface area contributed by atoms with Crippen molar-refractivity contribution in [2.24, 2.45) is 5.14 Å². The summed E-state index contributed by atoms with van der Waals surface area (Å²) in [7, 11) is -4.26. The molecule has 1 heterocycles. The molecule has 3 aromatic rings. The van der Waals surface area contributed by atoms with Crippen molar-refractivity contribution in [1.29, 1.82) is 0 Å². The minimum atomic E-state index is -4.26. The van der Waals surface area contributed by atoms with E-state index in [2.05, 4.69) is 38.1 Å². The van der Waals surface area contributed by atoms with Crippen LogP contribution < -0.4 is 16.2 Å². The van der Waals surface area contributed by atoms with E-state index in [4.69, 9.17) is 15.3 Å². The molecule has 11 heteroatoms. The molecule has 8 nitrogen and oxygen atoms in total. The topological polar surface area (TPSA) is 137 Å². The first-order valence-electron chi connectivity index (χ1n) is 6.72. The van der Waals surface area contributed by atoms with E-state index >= 15 is 0 Å². The quantitative estimate of drug-likeness (QED) is 0.493. The van der Waals surface area contributed by atoms with Gasteiger partial charge in [0.1, 0.15) is 10.7 Å². The lowest BCUT2D eigenvalue weighted by Gasteiger charge is -2.12. The maximum Gasteiger partial charge on any atom is 0.313 e. The van der Waals surface area contributed by atoms with Crippen LogP contribution in [0.4, 0.5) is 21.8 Å². The summed E-state index contributed by atoms with van der Waals surface area (Å²) in [5.41, 5.74) is 6.41. The average Bonchev–Trinajstić information content (AvgIpc) is 2.96. The second kappa shape index (κ2) is 6.57. The molecule has 0 aliphatic carbocycles. The fraction of sp³-hybridized carbons (Fsp3) is 0. The lowest BCUT2D eigenvalue weighted by Crippen LogP contribution is -2.14. The van der Waals surface area contributed by atoms with Crippen molar-refractivity contribution < 1.29 is 17.2 Å². The number of nitrogen functional groups attached to an aromatic ring is 1. The highest BCUT2D eigenvalue weighted by Gasteiger charge is 2.21. The SMILES string of the molecule is Nc1nnc(-c2cc(F)c(S(N)(=O)=O)cc2Nc2ccc(I)cc2)o1. The Labute approximate surface area is 155 Å². The summed E-state index contributed by atoms with van der Waals surface area (Å²) in [6, 6.07) is 9.04. The zero-order valence-electron chi connectivity index (χ0n) is 12.4. The number of sulfonamides is 1. The van der Waals surface area contributed by atoms with Gasteiger partial charge in [0.15, 0.2) is 0 Å². The Bertz CT molecular complexity index is 1040. The number of halogens is 2. The van der Waals surface area contributed by atoms with E-state index in [0.29, 0.717) is 5.69 Å². The van der Waals surface area contributed by atoms with Gasteiger partial charge in [-0.3, -0.25) is 0 Å². The van der Waals surface area contributed by atoms with Crippen molar-refractivity contribution in [3.8, 4) is 11.5 Å². The average molecular weight is 475 g/mol. The summed E-state index contributed by atoms with van der Waals surface area (Å²) in [4.78, 5) is -0.656. The predicted molar refractivity (Wildman–Crippen MR) is 97.9 cm³/mol. The molecule has 0 atom stereocenters. The van der Waals surface area contributed by atoms with Crippen LogP contribution >= 0.6 is 22.6 Å². The highest BCUT2D eigenvalue weighted by atomic mass is 127. The van der Waals surface area contributed by atoms with Crippen LogP contribution in [-0.2, 0) is 10.0 Å². The van der Waals surface area contributed by atoms with Crippen molar-refractivity contribution in [3.05, 3.63) is 45.8 Å². The maximum absolute atomic E-state index is 14.2. The van der Waals surface area contributed by atoms with Gasteiger partial charge in [-0.1, -0.05) is 5.10 Å². The van der Waals surface area contributed by atoms with Crippen LogP contribution in [0.3, 0.4) is 0 Å². The molecule has 0 unspecified atom stereocenters. The van der Waals surface area contributed by atoms with Crippen molar-refractivity contribution in [1.82, 2.24) is 10.2 Å². The third kappa shape index (κ3) is 3.88. The Kier molecular flexibility index (Phi) is 4.62. The van der Waals surface area contributed by atoms with Gasteiger partial charge in [-0.05, 0) is 59.0 Å². The van der Waals surface area contributed by atoms with E-state index in [9.17, 15) is 12.8 Å². The number of benzene rings is 2. The number of nitrogens with one attached hydrogen (secondary N) is 1. The Balaban J connectivity index is 2.16. The molecular formula is C14H11FIN5O3S. The molecule has 0 aliphatic heterocycles. The summed E-state index contributed by atoms with van der Waals surface area (Å²) >= 11 is 2.15. The van der Waals surface area contributed by atoms with E-state index in [1.807, 2.05) is 12.1 Å². The first-order valence-corrected chi connectivity index (χ1v) is 9.35. The van der Waals surface area contributed by atoms with Gasteiger partial charge in [0, 0.05) is 9.26 Å². The molecule has 0 fully saturated rings. The molecule has 3 rings (SSSR count). The number of rotatable bonds is 4. The summed E-state index contributed by atoms with van der Waals surface area (Å²) < 4.78 is 43.5. The molecule has 0 amide bonds. The highest BCUT2D eigenvalue weighted by Crippen LogP contribution is 2.33. The second-order valence-electron chi connectivity index (χ2n) is 4.95. The van der Waals surface area contributed by atoms with E-state index in [-0.39, 0.29) is 23.2 Å². The minimum Gasteiger partial charge on any atom is -0.403 e. The van der Waals surface area contributed by atoms with E-state index in [1.165, 1.54) is 0 Å². The van der Waals surface area contributed by atoms with Gasteiger partial charge in [0.2, 0.25) is 10.0 Å². The Morgan fingerprint density at radius 1 is 1.16 bits per heavy atom. The van der Waals surface area contributed by atoms with Crippen LogP contribution in [0.25, 0.3) is 11.5 Å². The van der Waals surface area contributed by atoms with Crippen LogP contribution in [0.2, 0.25) is 0 Å². The molecule has 0 radical (unpaired) electrons. The van der Waals surface area contributed by atoms with Crippen LogP contribution in [0.1, 0.15) is 0 Å². The predicted octanol–water partition coefficient (Wildman–Crippen LogP) is 2.45. The largest absolute Gasteiger partial charge is 0.403 e. The third-order valence-electron chi connectivity index (χ3n) is 3.17. The highest BCUT2D eigenvalue weighted by molar-refractivity contribution is 14.1. The number of primary sulfonamides is 1. The number of aromatic nitrogens is 2. The number of nitrogens with zero attached hydrogens (tertiary/aromatic N) is 2. The number of hydrogen-bond acceptors (Lipinski definition) is 7. The molecule has 5 N–H and O–H groups in total. The smallest absolute Gasteiger partial charge is 0.313 e. The summed E-state index contributed by atoms with van der Waals surface area (Å²) in [6.45, 7) is 0. The van der Waals surface area contributed by atoms with Gasteiger partial charge < -0.3 is 15.5 Å². The van der Waals surface area contributed by atoms with Crippen molar-refractivity contribution in [2.45, 2.75) is 4.90 Å². The lowest BCUT2D eigenvalue weighted by molar-refractivity contribution is 0.565. The number of hydrogen-bond donors (Lipinski definition) is 3. The molecule has 0 saturated heterocycles. The first kappa shape index (κ1) is 17.6. The minimum absolute atomic E-state index is 0.0645. The monoisotopic (exact) mass is 475 g/mol. The summed E-state index contributed by atoms with van der Waals surface area (Å²) in [5, 5.41) is 15.3. The van der Waals surface area contributed by atoms with Crippen molar-refractivity contribution >= 4 is 50.0 Å². The van der Waals surface area contributed by atoms with Crippen molar-refractivity contribution in [2.75, 3.05) is 11.1 Å². The van der Waals surface area contributed by atoms with Gasteiger partial charge in [0.25, 0.3) is 5.89 Å². The van der Waals surface area contributed by atoms with E-state index < -0.39 is 20.7 Å². The standard InChI is InChI=1S/C14H11FIN5O3S/c15-10-5-9(13-20-21-14(17)24-13)11(6-12(10)25(18,22)23)19-8-3-1-7(16)2-4-8/h1-6,19H,(H2,17,21)(H2,18,22,23). The van der Waals surface area contributed by atoms with Crippen LogP contribution in [-0.4, -0.2) is 18.6 Å². The van der Waals surface area contributed by atoms with Gasteiger partial charge in [-0.15, -0.1) is 5.10 Å². The Morgan fingerprint density at radius 3 is 2.40 bits per heavy atom. The van der Waals surface area contributed by atoms with Gasteiger partial charge in [-0.25, -0.2) is 17.9 Å². The first-order chi connectivity index (χ1) is 11.7. The Morgan fingerprint density at radius 2 is 1.84 bits per heavy atom.